The lowest BCUT2D eigenvalue weighted by atomic mass is 10.1. The van der Waals surface area contributed by atoms with Gasteiger partial charge in [0.25, 0.3) is 0 Å². The van der Waals surface area contributed by atoms with E-state index >= 15 is 0 Å². The van der Waals surface area contributed by atoms with E-state index in [1.807, 2.05) is 26.0 Å². The maximum absolute atomic E-state index is 5.61. The minimum Gasteiger partial charge on any atom is -0.383 e. The lowest BCUT2D eigenvalue weighted by molar-refractivity contribution is 0.863. The van der Waals surface area contributed by atoms with Crippen LogP contribution in [0, 0.1) is 0 Å². The first kappa shape index (κ1) is 11.0. The molecular formula is C10H18N2. The van der Waals surface area contributed by atoms with Crippen LogP contribution in [-0.2, 0) is 0 Å². The van der Waals surface area contributed by atoms with E-state index in [2.05, 4.69) is 18.8 Å². The molecule has 0 aromatic carbocycles. The molecule has 2 heteroatoms. The number of hydrogen-bond donors (Lipinski definition) is 1. The maximum atomic E-state index is 5.61. The Bertz CT molecular complexity index is 219. The number of anilines is 1. The third-order valence-corrected chi connectivity index (χ3v) is 1.49. The lowest BCUT2D eigenvalue weighted by Crippen LogP contribution is -1.97. The van der Waals surface area contributed by atoms with Gasteiger partial charge in [-0.15, -0.1) is 0 Å². The van der Waals surface area contributed by atoms with Gasteiger partial charge in [0.05, 0.1) is 0 Å². The van der Waals surface area contributed by atoms with Gasteiger partial charge in [0, 0.05) is 6.20 Å². The highest BCUT2D eigenvalue weighted by Crippen LogP contribution is 2.17. The zero-order valence-corrected chi connectivity index (χ0v) is 8.33. The Balaban J connectivity index is 0.000000561. The molecule has 0 atom stereocenters. The molecule has 0 spiro atoms. The van der Waals surface area contributed by atoms with Crippen LogP contribution in [0.15, 0.2) is 18.3 Å². The molecule has 0 amide bonds. The second-order valence-electron chi connectivity index (χ2n) is 2.63. The van der Waals surface area contributed by atoms with Crippen LogP contribution in [0.25, 0.3) is 0 Å². The number of nitrogens with zero attached hydrogens (tertiary/aromatic N) is 1. The second kappa shape index (κ2) is 5.58. The summed E-state index contributed by atoms with van der Waals surface area (Å²) in [5.41, 5.74) is 6.74. The summed E-state index contributed by atoms with van der Waals surface area (Å²) in [5.74, 6) is 1.12. The van der Waals surface area contributed by atoms with E-state index in [1.54, 1.807) is 6.20 Å². The minimum atomic E-state index is 0.466. The molecule has 0 saturated heterocycles. The van der Waals surface area contributed by atoms with Crippen molar-refractivity contribution in [1.82, 2.24) is 4.98 Å². The van der Waals surface area contributed by atoms with E-state index in [-0.39, 0.29) is 0 Å². The third-order valence-electron chi connectivity index (χ3n) is 1.49. The molecule has 1 heterocycles. The summed E-state index contributed by atoms with van der Waals surface area (Å²) >= 11 is 0. The maximum Gasteiger partial charge on any atom is 0.126 e. The predicted molar refractivity (Wildman–Crippen MR) is 54.1 cm³/mol. The van der Waals surface area contributed by atoms with Crippen LogP contribution < -0.4 is 5.73 Å². The van der Waals surface area contributed by atoms with Gasteiger partial charge in [-0.1, -0.05) is 33.8 Å². The molecule has 0 unspecified atom stereocenters. The van der Waals surface area contributed by atoms with Crippen LogP contribution in [0.5, 0.6) is 0 Å². The molecule has 2 N–H and O–H groups in total. The Kier molecular flexibility index (Phi) is 5.09. The fourth-order valence-corrected chi connectivity index (χ4v) is 0.918. The first-order chi connectivity index (χ1) is 5.72. The average molecular weight is 166 g/mol. The predicted octanol–water partition coefficient (Wildman–Crippen LogP) is 2.81. The van der Waals surface area contributed by atoms with Gasteiger partial charge in [-0.05, 0) is 17.5 Å². The fraction of sp³-hybridized carbons (Fsp3) is 0.500. The first-order valence-electron chi connectivity index (χ1n) is 4.42. The van der Waals surface area contributed by atoms with E-state index < -0.39 is 0 Å². The molecule has 12 heavy (non-hydrogen) atoms. The van der Waals surface area contributed by atoms with Crippen molar-refractivity contribution in [2.24, 2.45) is 0 Å². The van der Waals surface area contributed by atoms with Gasteiger partial charge in [0.1, 0.15) is 5.82 Å². The van der Waals surface area contributed by atoms with Crippen LogP contribution >= 0.6 is 0 Å². The SMILES string of the molecule is CC.CC(C)c1cccnc1N. The molecule has 2 nitrogen and oxygen atoms in total. The molecule has 1 rings (SSSR count). The second-order valence-corrected chi connectivity index (χ2v) is 2.63. The van der Waals surface area contributed by atoms with Crippen LogP contribution in [-0.4, -0.2) is 4.98 Å². The van der Waals surface area contributed by atoms with Crippen LogP contribution in [0.3, 0.4) is 0 Å². The quantitative estimate of drug-likeness (QED) is 0.696. The molecule has 1 aromatic heterocycles. The highest BCUT2D eigenvalue weighted by Gasteiger charge is 2.01. The van der Waals surface area contributed by atoms with Crippen molar-refractivity contribution in [2.75, 3.05) is 5.73 Å². The summed E-state index contributed by atoms with van der Waals surface area (Å²) < 4.78 is 0. The molecule has 1 aromatic rings. The number of nitrogen functional groups attached to an aromatic ring is 1. The van der Waals surface area contributed by atoms with Crippen molar-refractivity contribution in [3.63, 3.8) is 0 Å². The molecule has 0 bridgehead atoms. The van der Waals surface area contributed by atoms with Crippen molar-refractivity contribution >= 4 is 5.82 Å². The molecule has 0 aliphatic carbocycles. The summed E-state index contributed by atoms with van der Waals surface area (Å²) in [6, 6.07) is 3.92. The van der Waals surface area contributed by atoms with Gasteiger partial charge in [-0.25, -0.2) is 4.98 Å². The number of rotatable bonds is 1. The van der Waals surface area contributed by atoms with Gasteiger partial charge < -0.3 is 5.73 Å². The van der Waals surface area contributed by atoms with Gasteiger partial charge in [0.15, 0.2) is 0 Å². The van der Waals surface area contributed by atoms with E-state index in [4.69, 9.17) is 5.73 Å². The molecule has 0 aliphatic heterocycles. The molecule has 68 valence electrons. The summed E-state index contributed by atoms with van der Waals surface area (Å²) in [6.45, 7) is 8.21. The van der Waals surface area contributed by atoms with E-state index in [0.717, 1.165) is 5.56 Å². The van der Waals surface area contributed by atoms with Gasteiger partial charge >= 0.3 is 0 Å². The van der Waals surface area contributed by atoms with Gasteiger partial charge in [-0.3, -0.25) is 0 Å². The number of pyridine rings is 1. The topological polar surface area (TPSA) is 38.9 Å². The van der Waals surface area contributed by atoms with Crippen LogP contribution in [0.2, 0.25) is 0 Å². The molecular weight excluding hydrogens is 148 g/mol. The van der Waals surface area contributed by atoms with Crippen molar-refractivity contribution < 1.29 is 0 Å². The Morgan fingerprint density at radius 3 is 2.25 bits per heavy atom. The van der Waals surface area contributed by atoms with Crippen LogP contribution in [0.4, 0.5) is 5.82 Å². The van der Waals surface area contributed by atoms with Crippen molar-refractivity contribution in [2.45, 2.75) is 33.6 Å². The average Bonchev–Trinajstić information content (AvgIpc) is 2.08. The summed E-state index contributed by atoms with van der Waals surface area (Å²) in [7, 11) is 0. The lowest BCUT2D eigenvalue weighted by Gasteiger charge is -2.05. The van der Waals surface area contributed by atoms with Gasteiger partial charge in [-0.2, -0.15) is 0 Å². The fourth-order valence-electron chi connectivity index (χ4n) is 0.918. The monoisotopic (exact) mass is 166 g/mol. The smallest absolute Gasteiger partial charge is 0.126 e. The van der Waals surface area contributed by atoms with Crippen molar-refractivity contribution in [3.8, 4) is 0 Å². The van der Waals surface area contributed by atoms with Crippen LogP contribution in [0.1, 0.15) is 39.2 Å². The van der Waals surface area contributed by atoms with Crippen molar-refractivity contribution in [1.29, 1.82) is 0 Å². The number of hydrogen-bond acceptors (Lipinski definition) is 2. The highest BCUT2D eigenvalue weighted by atomic mass is 14.8. The van der Waals surface area contributed by atoms with Crippen molar-refractivity contribution in [3.05, 3.63) is 23.9 Å². The van der Waals surface area contributed by atoms with E-state index in [0.29, 0.717) is 11.7 Å². The standard InChI is InChI=1S/C8H12N2.C2H6/c1-6(2)7-4-3-5-10-8(7)9;1-2/h3-6H,1-2H3,(H2,9,10);1-2H3. The molecule has 0 radical (unpaired) electrons. The minimum absolute atomic E-state index is 0.466. The Morgan fingerprint density at radius 2 is 1.92 bits per heavy atom. The molecule has 0 saturated carbocycles. The van der Waals surface area contributed by atoms with Gasteiger partial charge in [0.2, 0.25) is 0 Å². The highest BCUT2D eigenvalue weighted by molar-refractivity contribution is 5.40. The molecule has 0 fully saturated rings. The Morgan fingerprint density at radius 1 is 1.33 bits per heavy atom. The zero-order valence-electron chi connectivity index (χ0n) is 8.33. The normalized spacial score (nSPS) is 9.08. The largest absolute Gasteiger partial charge is 0.383 e. The van der Waals surface area contributed by atoms with E-state index in [9.17, 15) is 0 Å². The Labute approximate surface area is 74.8 Å². The van der Waals surface area contributed by atoms with E-state index in [1.165, 1.54) is 0 Å². The first-order valence-corrected chi connectivity index (χ1v) is 4.42. The zero-order chi connectivity index (χ0) is 9.56. The third kappa shape index (κ3) is 2.91. The summed E-state index contributed by atoms with van der Waals surface area (Å²) in [4.78, 5) is 3.98. The summed E-state index contributed by atoms with van der Waals surface area (Å²) in [6.07, 6.45) is 1.71. The summed E-state index contributed by atoms with van der Waals surface area (Å²) in [5, 5.41) is 0. The number of nitrogens with two attached hydrogens (primary N) is 1. The Hall–Kier alpha value is -1.05. The number of aromatic nitrogens is 1. The molecule has 0 aliphatic rings.